The first-order valence-electron chi connectivity index (χ1n) is 5.91. The average molecular weight is 247 g/mol. The van der Waals surface area contributed by atoms with Gasteiger partial charge in [0, 0.05) is 12.5 Å². The Morgan fingerprint density at radius 2 is 2.28 bits per heavy atom. The highest BCUT2D eigenvalue weighted by atomic mass is 16.5. The Hall–Kier alpha value is -1.81. The van der Waals surface area contributed by atoms with Crippen LogP contribution in [0.25, 0.3) is 0 Å². The van der Waals surface area contributed by atoms with Crippen LogP contribution in [0.3, 0.4) is 0 Å². The van der Waals surface area contributed by atoms with Crippen LogP contribution in [-0.2, 0) is 11.2 Å². The number of likely N-dealkylation sites (N-methyl/N-ethyl adjacent to an activating group) is 1. The number of rotatable bonds is 4. The average Bonchev–Trinajstić information content (AvgIpc) is 2.75. The van der Waals surface area contributed by atoms with Crippen molar-refractivity contribution in [1.82, 2.24) is 4.90 Å². The molecule has 0 saturated carbocycles. The van der Waals surface area contributed by atoms with Crippen LogP contribution in [0.15, 0.2) is 30.4 Å². The van der Waals surface area contributed by atoms with Gasteiger partial charge in [0.15, 0.2) is 0 Å². The molecule has 4 heteroatoms. The lowest BCUT2D eigenvalue weighted by atomic mass is 10.0. The van der Waals surface area contributed by atoms with Gasteiger partial charge in [-0.05, 0) is 31.3 Å². The van der Waals surface area contributed by atoms with Crippen LogP contribution in [0, 0.1) is 0 Å². The molecule has 1 aromatic rings. The summed E-state index contributed by atoms with van der Waals surface area (Å²) in [6.45, 7) is 0.733. The molecule has 18 heavy (non-hydrogen) atoms. The molecule has 0 amide bonds. The summed E-state index contributed by atoms with van der Waals surface area (Å²) >= 11 is 0. The summed E-state index contributed by atoms with van der Waals surface area (Å²) in [5.74, 6) is 0.0183. The van der Waals surface area contributed by atoms with Gasteiger partial charge in [-0.15, -0.1) is 0 Å². The van der Waals surface area contributed by atoms with Gasteiger partial charge in [-0.3, -0.25) is 4.90 Å². The molecule has 1 aliphatic heterocycles. The minimum absolute atomic E-state index is 0.0352. The fourth-order valence-corrected chi connectivity index (χ4v) is 2.15. The smallest absolute Gasteiger partial charge is 0.328 e. The Labute approximate surface area is 106 Å². The maximum absolute atomic E-state index is 10.6. The standard InChI is InChI=1S/C14H17NO3/c1-15(2)12(4-6-14(16)17)10-3-5-13-11(9-10)7-8-18-13/h3-6,9,12H,7-8H2,1-2H3,(H,16,17)/b6-4+. The number of fused-ring (bicyclic) bond motifs is 1. The van der Waals surface area contributed by atoms with Gasteiger partial charge < -0.3 is 9.84 Å². The van der Waals surface area contributed by atoms with Gasteiger partial charge in [0.05, 0.1) is 12.6 Å². The normalized spacial score (nSPS) is 15.7. The highest BCUT2D eigenvalue weighted by Gasteiger charge is 2.16. The maximum Gasteiger partial charge on any atom is 0.328 e. The molecule has 2 rings (SSSR count). The van der Waals surface area contributed by atoms with Crippen LogP contribution in [0.2, 0.25) is 0 Å². The molecule has 1 aliphatic rings. The monoisotopic (exact) mass is 247 g/mol. The molecule has 0 bridgehead atoms. The third-order valence-electron chi connectivity index (χ3n) is 3.03. The number of benzene rings is 1. The molecule has 0 aromatic heterocycles. The van der Waals surface area contributed by atoms with Gasteiger partial charge >= 0.3 is 5.97 Å². The molecule has 0 aliphatic carbocycles. The molecule has 1 aromatic carbocycles. The minimum atomic E-state index is -0.925. The van der Waals surface area contributed by atoms with Crippen molar-refractivity contribution in [1.29, 1.82) is 0 Å². The van der Waals surface area contributed by atoms with E-state index >= 15 is 0 Å². The fourth-order valence-electron chi connectivity index (χ4n) is 2.15. The van der Waals surface area contributed by atoms with Crippen molar-refractivity contribution >= 4 is 5.97 Å². The molecule has 1 N–H and O–H groups in total. The first-order valence-corrected chi connectivity index (χ1v) is 5.91. The first-order chi connectivity index (χ1) is 8.58. The second-order valence-corrected chi connectivity index (χ2v) is 4.57. The van der Waals surface area contributed by atoms with E-state index in [1.165, 1.54) is 11.6 Å². The first kappa shape index (κ1) is 12.6. The van der Waals surface area contributed by atoms with E-state index < -0.39 is 5.97 Å². The fraction of sp³-hybridized carbons (Fsp3) is 0.357. The molecule has 4 nitrogen and oxygen atoms in total. The molecule has 0 saturated heterocycles. The summed E-state index contributed by atoms with van der Waals surface area (Å²) in [4.78, 5) is 12.6. The SMILES string of the molecule is CN(C)C(/C=C/C(=O)O)c1ccc2c(c1)CCO2. The molecule has 1 heterocycles. The summed E-state index contributed by atoms with van der Waals surface area (Å²) in [6.07, 6.45) is 3.81. The molecular weight excluding hydrogens is 230 g/mol. The Morgan fingerprint density at radius 1 is 1.50 bits per heavy atom. The van der Waals surface area contributed by atoms with Crippen molar-refractivity contribution in [3.8, 4) is 5.75 Å². The second-order valence-electron chi connectivity index (χ2n) is 4.57. The van der Waals surface area contributed by atoms with Crippen molar-refractivity contribution in [3.63, 3.8) is 0 Å². The number of carboxylic acid groups (broad SMARTS) is 1. The molecule has 1 unspecified atom stereocenters. The van der Waals surface area contributed by atoms with E-state index in [-0.39, 0.29) is 6.04 Å². The van der Waals surface area contributed by atoms with E-state index in [9.17, 15) is 4.79 Å². The van der Waals surface area contributed by atoms with Gasteiger partial charge in [-0.2, -0.15) is 0 Å². The van der Waals surface area contributed by atoms with Crippen molar-refractivity contribution in [3.05, 3.63) is 41.5 Å². The molecule has 0 spiro atoms. The number of hydrogen-bond donors (Lipinski definition) is 1. The second kappa shape index (κ2) is 5.23. The molecule has 96 valence electrons. The molecule has 1 atom stereocenters. The van der Waals surface area contributed by atoms with E-state index in [0.717, 1.165) is 24.3 Å². The van der Waals surface area contributed by atoms with E-state index in [2.05, 4.69) is 6.07 Å². The van der Waals surface area contributed by atoms with E-state index in [1.807, 2.05) is 31.1 Å². The number of ether oxygens (including phenoxy) is 1. The zero-order chi connectivity index (χ0) is 13.1. The Bertz CT molecular complexity index is 480. The predicted molar refractivity (Wildman–Crippen MR) is 68.8 cm³/mol. The van der Waals surface area contributed by atoms with Crippen LogP contribution in [0.4, 0.5) is 0 Å². The van der Waals surface area contributed by atoms with Crippen LogP contribution >= 0.6 is 0 Å². The summed E-state index contributed by atoms with van der Waals surface area (Å²) in [5, 5.41) is 8.72. The van der Waals surface area contributed by atoms with Gasteiger partial charge in [-0.1, -0.05) is 18.2 Å². The topological polar surface area (TPSA) is 49.8 Å². The Kier molecular flexibility index (Phi) is 3.67. The number of aliphatic carboxylic acids is 1. The quantitative estimate of drug-likeness (QED) is 0.825. The Balaban J connectivity index is 2.28. The maximum atomic E-state index is 10.6. The third kappa shape index (κ3) is 2.71. The van der Waals surface area contributed by atoms with Gasteiger partial charge in [-0.25, -0.2) is 4.79 Å². The Morgan fingerprint density at radius 3 is 2.94 bits per heavy atom. The summed E-state index contributed by atoms with van der Waals surface area (Å²) < 4.78 is 5.47. The highest BCUT2D eigenvalue weighted by Crippen LogP contribution is 2.30. The van der Waals surface area contributed by atoms with Gasteiger partial charge in [0.2, 0.25) is 0 Å². The lowest BCUT2D eigenvalue weighted by Gasteiger charge is -2.21. The largest absolute Gasteiger partial charge is 0.493 e. The van der Waals surface area contributed by atoms with Crippen LogP contribution in [-0.4, -0.2) is 36.7 Å². The van der Waals surface area contributed by atoms with Crippen molar-refractivity contribution in [2.75, 3.05) is 20.7 Å². The van der Waals surface area contributed by atoms with Crippen LogP contribution in [0.5, 0.6) is 5.75 Å². The van der Waals surface area contributed by atoms with Gasteiger partial charge in [0.25, 0.3) is 0 Å². The zero-order valence-corrected chi connectivity index (χ0v) is 10.6. The van der Waals surface area contributed by atoms with E-state index in [0.29, 0.717) is 0 Å². The van der Waals surface area contributed by atoms with Gasteiger partial charge in [0.1, 0.15) is 5.75 Å². The summed E-state index contributed by atoms with van der Waals surface area (Å²) in [5.41, 5.74) is 2.28. The highest BCUT2D eigenvalue weighted by molar-refractivity contribution is 5.79. The molecule has 0 radical (unpaired) electrons. The number of carbonyl (C=O) groups is 1. The van der Waals surface area contributed by atoms with Crippen molar-refractivity contribution < 1.29 is 14.6 Å². The molecule has 0 fully saturated rings. The summed E-state index contributed by atoms with van der Waals surface area (Å²) in [6, 6.07) is 6.01. The third-order valence-corrected chi connectivity index (χ3v) is 3.03. The molecular formula is C14H17NO3. The van der Waals surface area contributed by atoms with E-state index in [4.69, 9.17) is 9.84 Å². The number of carboxylic acids is 1. The zero-order valence-electron chi connectivity index (χ0n) is 10.6. The van der Waals surface area contributed by atoms with Crippen LogP contribution in [0.1, 0.15) is 17.2 Å². The van der Waals surface area contributed by atoms with Crippen molar-refractivity contribution in [2.24, 2.45) is 0 Å². The summed E-state index contributed by atoms with van der Waals surface area (Å²) in [7, 11) is 3.86. The predicted octanol–water partition coefficient (Wildman–Crippen LogP) is 1.86. The minimum Gasteiger partial charge on any atom is -0.493 e. The number of nitrogens with zero attached hydrogens (tertiary/aromatic N) is 1. The van der Waals surface area contributed by atoms with E-state index in [1.54, 1.807) is 6.08 Å². The lowest BCUT2D eigenvalue weighted by molar-refractivity contribution is -0.131. The lowest BCUT2D eigenvalue weighted by Crippen LogP contribution is -2.18. The van der Waals surface area contributed by atoms with Crippen LogP contribution < -0.4 is 4.74 Å². The number of hydrogen-bond acceptors (Lipinski definition) is 3. The van der Waals surface area contributed by atoms with Crippen molar-refractivity contribution in [2.45, 2.75) is 12.5 Å².